The Morgan fingerprint density at radius 3 is 0.987 bits per heavy atom. The lowest BCUT2D eigenvalue weighted by Gasteiger charge is -2.60. The van der Waals surface area contributed by atoms with E-state index in [0.29, 0.717) is 56.7 Å². The van der Waals surface area contributed by atoms with Gasteiger partial charge in [-0.15, -0.1) is 0 Å². The van der Waals surface area contributed by atoms with Crippen LogP contribution >= 0.6 is 0 Å². The summed E-state index contributed by atoms with van der Waals surface area (Å²) < 4.78 is 57.4. The van der Waals surface area contributed by atoms with Gasteiger partial charge in [-0.05, 0) is 132 Å². The molecular formula is C57H87NO18. The van der Waals surface area contributed by atoms with Gasteiger partial charge >= 0.3 is 17.9 Å². The SMILES string of the molecule is C[C@@H]1CC[C@H]2[C@@H](C)C(CC(=O)OCCN(CCOC(=O)CC3O[C@@H]4O[C@]5(C)CC[C@H]6[C@H](C)CC[C@@H]([C@H]3C)[C@@]46OO5)CCOC(=O)CC3O[C@@H]4O[C@]5(C)CC[C@H]6[C@H](C)CC[C@@H]([C@H]3C)[C@@]46OO5)O[C@@H]3O[C@]4(C)CC[C@@H]1[C@]32OO4. The van der Waals surface area contributed by atoms with Crippen molar-refractivity contribution in [3.05, 3.63) is 0 Å². The van der Waals surface area contributed by atoms with Gasteiger partial charge in [0.1, 0.15) is 19.8 Å². The van der Waals surface area contributed by atoms with Crippen molar-refractivity contribution >= 4 is 17.9 Å². The van der Waals surface area contributed by atoms with Crippen LogP contribution < -0.4 is 0 Å². The van der Waals surface area contributed by atoms with Gasteiger partial charge in [0.2, 0.25) is 17.4 Å². The van der Waals surface area contributed by atoms with E-state index in [2.05, 4.69) is 41.5 Å². The molecule has 3 unspecified atom stereocenters. The highest BCUT2D eigenvalue weighted by Gasteiger charge is 2.72. The van der Waals surface area contributed by atoms with E-state index in [1.165, 1.54) is 0 Å². The van der Waals surface area contributed by atoms with E-state index < -0.39 is 71.3 Å². The largest absolute Gasteiger partial charge is 0.464 e. The van der Waals surface area contributed by atoms with E-state index in [9.17, 15) is 14.4 Å². The normalized spacial score (nSPS) is 51.6. The molecule has 6 bridgehead atoms. The molecule has 428 valence electrons. The van der Waals surface area contributed by atoms with Crippen LogP contribution in [0.5, 0.6) is 0 Å². The number of ether oxygens (including phenoxy) is 9. The van der Waals surface area contributed by atoms with Crippen LogP contribution in [0.15, 0.2) is 0 Å². The van der Waals surface area contributed by atoms with Crippen molar-refractivity contribution in [2.24, 2.45) is 71.0 Å². The third kappa shape index (κ3) is 9.13. The second-order valence-corrected chi connectivity index (χ2v) is 26.4. The molecule has 0 amide bonds. The van der Waals surface area contributed by atoms with Gasteiger partial charge < -0.3 is 42.6 Å². The smallest absolute Gasteiger partial charge is 0.308 e. The van der Waals surface area contributed by atoms with Crippen molar-refractivity contribution in [1.82, 2.24) is 4.90 Å². The maximum Gasteiger partial charge on any atom is 0.308 e. The Labute approximate surface area is 448 Å². The van der Waals surface area contributed by atoms with Gasteiger partial charge in [-0.1, -0.05) is 41.5 Å². The molecule has 0 aromatic heterocycles. The summed E-state index contributed by atoms with van der Waals surface area (Å²) in [6.45, 7) is 20.0. The molecule has 76 heavy (non-hydrogen) atoms. The molecule has 15 aliphatic rings. The number of nitrogens with zero attached hydrogens (tertiary/aromatic N) is 1. The van der Waals surface area contributed by atoms with Gasteiger partial charge in [-0.2, -0.15) is 0 Å². The summed E-state index contributed by atoms with van der Waals surface area (Å²) in [5.41, 5.74) is -2.16. The Morgan fingerprint density at radius 2 is 0.697 bits per heavy atom. The molecular weight excluding hydrogens is 987 g/mol. The van der Waals surface area contributed by atoms with Crippen LogP contribution in [0.4, 0.5) is 0 Å². The summed E-state index contributed by atoms with van der Waals surface area (Å²) in [7, 11) is 0. The molecule has 0 aromatic carbocycles. The van der Waals surface area contributed by atoms with Gasteiger partial charge in [-0.3, -0.25) is 19.3 Å². The van der Waals surface area contributed by atoms with Crippen LogP contribution in [-0.2, 0) is 86.3 Å². The minimum Gasteiger partial charge on any atom is -0.464 e. The summed E-state index contributed by atoms with van der Waals surface area (Å²) in [4.78, 5) is 80.1. The number of carbonyl (C=O) groups excluding carboxylic acids is 3. The lowest BCUT2D eigenvalue weighted by molar-refractivity contribution is -0.571. The standard InChI is InChI=1S/C57H87NO18/c1-31-10-13-40-34(4)43(65-49-55(40)37(31)16-19-52(7,68-49)71-74-55)28-46(59)62-25-22-58(23-26-63-47(60)29-44-35(5)41-14-11-32(2)38-17-20-53(8)69-50(66-44)56(38,41)75-72-53)24-27-64-48(61)30-45-36(6)42-15-12-33(3)39-18-21-54(9)70-51(67-45)57(39,42)76-73-54/h31-45,49-51H,10-30H2,1-9H3/t31-,32-,33-,34-,35-,36-,37+,38+,39+,40+,41+,42+,43?,44?,45?,49-,50-,51-,52+,53+,54+,55-,56-,57-/m1/s1. The van der Waals surface area contributed by atoms with Crippen LogP contribution in [0.3, 0.4) is 0 Å². The average molecular weight is 1070 g/mol. The maximum absolute atomic E-state index is 13.7. The molecule has 0 N–H and O–H groups in total. The zero-order valence-electron chi connectivity index (χ0n) is 46.5. The Balaban J connectivity index is 0.671. The molecule has 12 saturated heterocycles. The maximum atomic E-state index is 13.7. The third-order valence-corrected chi connectivity index (χ3v) is 22.0. The second-order valence-electron chi connectivity index (χ2n) is 26.4. The zero-order chi connectivity index (χ0) is 53.2. The van der Waals surface area contributed by atoms with E-state index in [0.717, 1.165) is 57.8 Å². The van der Waals surface area contributed by atoms with Crippen molar-refractivity contribution in [3.8, 4) is 0 Å². The van der Waals surface area contributed by atoms with Crippen molar-refractivity contribution in [2.45, 2.75) is 230 Å². The predicted octanol–water partition coefficient (Wildman–Crippen LogP) is 7.84. The van der Waals surface area contributed by atoms with Crippen LogP contribution in [0.1, 0.15) is 159 Å². The first-order valence-corrected chi connectivity index (χ1v) is 29.6. The molecule has 3 saturated carbocycles. The van der Waals surface area contributed by atoms with E-state index in [1.807, 2.05) is 25.7 Å². The van der Waals surface area contributed by atoms with Gasteiger partial charge in [-0.25, -0.2) is 29.3 Å². The second kappa shape index (κ2) is 20.4. The highest BCUT2D eigenvalue weighted by molar-refractivity contribution is 5.71. The van der Waals surface area contributed by atoms with Gasteiger partial charge in [0.15, 0.2) is 35.7 Å². The number of hydrogen-bond donors (Lipinski definition) is 0. The number of hydrogen-bond acceptors (Lipinski definition) is 19. The fourth-order valence-electron chi connectivity index (χ4n) is 17.5. The fraction of sp³-hybridized carbons (Fsp3) is 0.947. The number of fused-ring (bicyclic) bond motifs is 6. The van der Waals surface area contributed by atoms with Crippen LogP contribution in [0, 0.1) is 71.0 Å². The van der Waals surface area contributed by atoms with Gasteiger partial charge in [0, 0.05) is 56.7 Å². The molecule has 0 aromatic rings. The van der Waals surface area contributed by atoms with Crippen LogP contribution in [0.2, 0.25) is 0 Å². The third-order valence-electron chi connectivity index (χ3n) is 22.0. The summed E-state index contributed by atoms with van der Waals surface area (Å²) in [6, 6.07) is 0. The Kier molecular flexibility index (Phi) is 14.6. The molecule has 3 aliphatic carbocycles. The quantitative estimate of drug-likeness (QED) is 0.0874. The van der Waals surface area contributed by atoms with E-state index in [4.69, 9.17) is 72.0 Å². The van der Waals surface area contributed by atoms with E-state index in [-0.39, 0.29) is 110 Å². The summed E-state index contributed by atoms with van der Waals surface area (Å²) in [5, 5.41) is 0. The number of carbonyl (C=O) groups is 3. The molecule has 19 heteroatoms. The molecule has 3 spiro atoms. The van der Waals surface area contributed by atoms with Gasteiger partial charge in [0.05, 0.1) is 37.6 Å². The summed E-state index contributed by atoms with van der Waals surface area (Å²) in [6.07, 6.45) is 7.80. The first kappa shape index (κ1) is 54.5. The first-order valence-electron chi connectivity index (χ1n) is 29.6. The lowest BCUT2D eigenvalue weighted by atomic mass is 9.57. The van der Waals surface area contributed by atoms with Gasteiger partial charge in [0.25, 0.3) is 0 Å². The monoisotopic (exact) mass is 1070 g/mol. The van der Waals surface area contributed by atoms with Crippen molar-refractivity contribution in [1.29, 1.82) is 0 Å². The van der Waals surface area contributed by atoms with Crippen molar-refractivity contribution in [3.63, 3.8) is 0 Å². The fourth-order valence-corrected chi connectivity index (χ4v) is 17.5. The average Bonchev–Trinajstić information content (AvgIpc) is 3.91. The molecule has 12 heterocycles. The lowest BCUT2D eigenvalue weighted by Crippen LogP contribution is -2.70. The zero-order valence-corrected chi connectivity index (χ0v) is 46.5. The topological polar surface area (TPSA) is 193 Å². The number of esters is 3. The first-order chi connectivity index (χ1) is 36.3. The highest BCUT2D eigenvalue weighted by Crippen LogP contribution is 2.64. The van der Waals surface area contributed by atoms with Crippen molar-refractivity contribution < 1.29 is 86.3 Å². The molecule has 0 radical (unpaired) electrons. The molecule has 19 nitrogen and oxygen atoms in total. The minimum atomic E-state index is -0.914. The molecule has 24 atom stereocenters. The molecule has 12 aliphatic heterocycles. The molecule has 15 rings (SSSR count). The predicted molar refractivity (Wildman–Crippen MR) is 264 cm³/mol. The molecule has 15 fully saturated rings. The van der Waals surface area contributed by atoms with Crippen molar-refractivity contribution in [2.75, 3.05) is 39.5 Å². The Hall–Kier alpha value is -2.11. The van der Waals surface area contributed by atoms with Crippen LogP contribution in [-0.4, -0.2) is 134 Å². The highest BCUT2D eigenvalue weighted by atomic mass is 17.3. The summed E-state index contributed by atoms with van der Waals surface area (Å²) >= 11 is 0. The Morgan fingerprint density at radius 1 is 0.408 bits per heavy atom. The summed E-state index contributed by atoms with van der Waals surface area (Å²) in [5.74, 6) is -1.68. The minimum absolute atomic E-state index is 0.00647. The number of rotatable bonds is 15. The van der Waals surface area contributed by atoms with E-state index in [1.54, 1.807) is 0 Å². The van der Waals surface area contributed by atoms with E-state index >= 15 is 0 Å². The Bertz CT molecular complexity index is 1940. The van der Waals surface area contributed by atoms with Crippen LogP contribution in [0.25, 0.3) is 0 Å².